The molecule has 0 spiro atoms. The topological polar surface area (TPSA) is 20.3 Å². The van der Waals surface area contributed by atoms with E-state index < -0.39 is 5.82 Å². The maximum atomic E-state index is 13.6. The van der Waals surface area contributed by atoms with E-state index in [1.54, 1.807) is 23.5 Å². The molecule has 0 aliphatic carbocycles. The van der Waals surface area contributed by atoms with E-state index in [0.717, 1.165) is 0 Å². The lowest BCUT2D eigenvalue weighted by atomic mass is 10.1. The Morgan fingerprint density at radius 3 is 2.72 bits per heavy atom. The molecule has 1 atom stereocenters. The largest absolute Gasteiger partial charge is 0.366 e. The molecular formula is C14H14FNOS. The third-order valence-corrected chi connectivity index (χ3v) is 4.11. The molecule has 94 valence electrons. The Hall–Kier alpha value is -1.68. The summed E-state index contributed by atoms with van der Waals surface area (Å²) in [6, 6.07) is 8.80. The number of carbonyl (C=O) groups is 1. The molecule has 1 heterocycles. The van der Waals surface area contributed by atoms with Gasteiger partial charge in [0, 0.05) is 11.9 Å². The maximum Gasteiger partial charge on any atom is 0.155 e. The number of carbonyl (C=O) groups excluding carboxylic acids is 1. The molecule has 0 aliphatic rings. The Labute approximate surface area is 110 Å². The van der Waals surface area contributed by atoms with Gasteiger partial charge in [-0.2, -0.15) is 0 Å². The van der Waals surface area contributed by atoms with Gasteiger partial charge in [-0.25, -0.2) is 4.39 Å². The predicted octanol–water partition coefficient (Wildman–Crippen LogP) is 3.90. The first-order valence-corrected chi connectivity index (χ1v) is 6.53. The van der Waals surface area contributed by atoms with Crippen LogP contribution in [0.1, 0.15) is 28.2 Å². The number of aldehydes is 1. The van der Waals surface area contributed by atoms with E-state index >= 15 is 0 Å². The van der Waals surface area contributed by atoms with Crippen LogP contribution in [0.25, 0.3) is 0 Å². The first-order chi connectivity index (χ1) is 8.65. The molecule has 0 amide bonds. The van der Waals surface area contributed by atoms with Gasteiger partial charge in [-0.05, 0) is 30.5 Å². The van der Waals surface area contributed by atoms with Crippen LogP contribution in [-0.2, 0) is 0 Å². The third-order valence-electron chi connectivity index (χ3n) is 3.06. The van der Waals surface area contributed by atoms with Gasteiger partial charge in [0.15, 0.2) is 6.29 Å². The van der Waals surface area contributed by atoms with E-state index in [9.17, 15) is 9.18 Å². The van der Waals surface area contributed by atoms with E-state index in [2.05, 4.69) is 0 Å². The molecule has 1 aromatic heterocycles. The Morgan fingerprint density at radius 1 is 1.33 bits per heavy atom. The number of halogens is 1. The number of hydrogen-bond donors (Lipinski definition) is 0. The molecule has 2 aromatic rings. The SMILES string of the molecule is CC(c1cccs1)N(C)c1cccc(F)c1C=O. The van der Waals surface area contributed by atoms with Gasteiger partial charge in [-0.3, -0.25) is 4.79 Å². The average molecular weight is 263 g/mol. The lowest BCUT2D eigenvalue weighted by Gasteiger charge is -2.27. The Balaban J connectivity index is 2.37. The van der Waals surface area contributed by atoms with Crippen LogP contribution in [0.2, 0.25) is 0 Å². The number of thiophene rings is 1. The van der Waals surface area contributed by atoms with Gasteiger partial charge >= 0.3 is 0 Å². The van der Waals surface area contributed by atoms with Gasteiger partial charge in [-0.15, -0.1) is 11.3 Å². The lowest BCUT2D eigenvalue weighted by molar-refractivity contribution is 0.112. The molecule has 1 aromatic carbocycles. The molecule has 0 N–H and O–H groups in total. The van der Waals surface area contributed by atoms with Crippen LogP contribution in [0.5, 0.6) is 0 Å². The van der Waals surface area contributed by atoms with Crippen molar-refractivity contribution in [1.29, 1.82) is 0 Å². The van der Waals surface area contributed by atoms with Gasteiger partial charge < -0.3 is 4.90 Å². The van der Waals surface area contributed by atoms with Crippen LogP contribution < -0.4 is 4.90 Å². The minimum Gasteiger partial charge on any atom is -0.366 e. The van der Waals surface area contributed by atoms with Crippen molar-refractivity contribution >= 4 is 23.3 Å². The van der Waals surface area contributed by atoms with Gasteiger partial charge in [0.2, 0.25) is 0 Å². The molecule has 2 rings (SSSR count). The van der Waals surface area contributed by atoms with Gasteiger partial charge in [0.1, 0.15) is 5.82 Å². The molecule has 0 saturated heterocycles. The third kappa shape index (κ3) is 2.29. The first-order valence-electron chi connectivity index (χ1n) is 5.65. The van der Waals surface area contributed by atoms with Crippen molar-refractivity contribution in [2.75, 3.05) is 11.9 Å². The van der Waals surface area contributed by atoms with Crippen LogP contribution in [0.3, 0.4) is 0 Å². The highest BCUT2D eigenvalue weighted by Crippen LogP contribution is 2.30. The van der Waals surface area contributed by atoms with Crippen molar-refractivity contribution in [1.82, 2.24) is 0 Å². The minimum atomic E-state index is -0.479. The Kier molecular flexibility index (Phi) is 3.77. The summed E-state index contributed by atoms with van der Waals surface area (Å²) < 4.78 is 13.6. The number of benzene rings is 1. The van der Waals surface area contributed by atoms with Crippen LogP contribution in [-0.4, -0.2) is 13.3 Å². The molecule has 4 heteroatoms. The maximum absolute atomic E-state index is 13.6. The highest BCUT2D eigenvalue weighted by Gasteiger charge is 2.17. The summed E-state index contributed by atoms with van der Waals surface area (Å²) >= 11 is 1.65. The van der Waals surface area contributed by atoms with E-state index in [4.69, 9.17) is 0 Å². The van der Waals surface area contributed by atoms with Gasteiger partial charge in [-0.1, -0.05) is 12.1 Å². The summed E-state index contributed by atoms with van der Waals surface area (Å²) in [7, 11) is 1.87. The highest BCUT2D eigenvalue weighted by atomic mass is 32.1. The number of rotatable bonds is 4. The standard InChI is InChI=1S/C14H14FNOS/c1-10(14-7-4-8-18-14)16(2)13-6-3-5-12(15)11(13)9-17/h3-10H,1-2H3. The minimum absolute atomic E-state index is 0.102. The summed E-state index contributed by atoms with van der Waals surface area (Å²) in [4.78, 5) is 14.1. The van der Waals surface area contributed by atoms with E-state index in [0.29, 0.717) is 12.0 Å². The molecule has 0 fully saturated rings. The summed E-state index contributed by atoms with van der Waals surface area (Å²) in [6.07, 6.45) is 0.572. The Morgan fingerprint density at radius 2 is 2.11 bits per heavy atom. The lowest BCUT2D eigenvalue weighted by Crippen LogP contribution is -2.22. The van der Waals surface area contributed by atoms with Crippen LogP contribution in [0, 0.1) is 5.82 Å². The van der Waals surface area contributed by atoms with Crippen LogP contribution >= 0.6 is 11.3 Å². The second-order valence-corrected chi connectivity index (χ2v) is 5.07. The van der Waals surface area contributed by atoms with Crippen molar-refractivity contribution in [3.63, 3.8) is 0 Å². The number of anilines is 1. The van der Waals surface area contributed by atoms with Crippen LogP contribution in [0.4, 0.5) is 10.1 Å². The smallest absolute Gasteiger partial charge is 0.155 e. The summed E-state index contributed by atoms with van der Waals surface area (Å²) in [6.45, 7) is 2.03. The molecule has 0 radical (unpaired) electrons. The van der Waals surface area contributed by atoms with Crippen molar-refractivity contribution in [3.8, 4) is 0 Å². The monoisotopic (exact) mass is 263 g/mol. The fraction of sp³-hybridized carbons (Fsp3) is 0.214. The van der Waals surface area contributed by atoms with Gasteiger partial charge in [0.05, 0.1) is 17.3 Å². The summed E-state index contributed by atoms with van der Waals surface area (Å²) in [5.74, 6) is -0.479. The second kappa shape index (κ2) is 5.31. The van der Waals surface area contributed by atoms with E-state index in [1.807, 2.05) is 36.4 Å². The normalized spacial score (nSPS) is 12.2. The van der Waals surface area contributed by atoms with Crippen molar-refractivity contribution < 1.29 is 9.18 Å². The van der Waals surface area contributed by atoms with Crippen molar-refractivity contribution in [3.05, 3.63) is 52.0 Å². The number of nitrogens with zero attached hydrogens (tertiary/aromatic N) is 1. The summed E-state index contributed by atoms with van der Waals surface area (Å²) in [5, 5.41) is 2.01. The highest BCUT2D eigenvalue weighted by molar-refractivity contribution is 7.10. The molecule has 18 heavy (non-hydrogen) atoms. The zero-order chi connectivity index (χ0) is 13.1. The zero-order valence-corrected chi connectivity index (χ0v) is 11.1. The molecule has 0 aliphatic heterocycles. The zero-order valence-electron chi connectivity index (χ0n) is 10.3. The molecule has 2 nitrogen and oxygen atoms in total. The fourth-order valence-corrected chi connectivity index (χ4v) is 2.70. The number of hydrogen-bond acceptors (Lipinski definition) is 3. The van der Waals surface area contributed by atoms with Gasteiger partial charge in [0.25, 0.3) is 0 Å². The van der Waals surface area contributed by atoms with Crippen molar-refractivity contribution in [2.45, 2.75) is 13.0 Å². The first kappa shape index (κ1) is 12.8. The quantitative estimate of drug-likeness (QED) is 0.780. The molecular weight excluding hydrogens is 249 g/mol. The van der Waals surface area contributed by atoms with Crippen molar-refractivity contribution in [2.24, 2.45) is 0 Å². The predicted molar refractivity (Wildman–Crippen MR) is 72.9 cm³/mol. The fourth-order valence-electron chi connectivity index (χ4n) is 1.88. The average Bonchev–Trinajstić information content (AvgIpc) is 2.90. The Bertz CT molecular complexity index is 539. The summed E-state index contributed by atoms with van der Waals surface area (Å²) in [5.41, 5.74) is 0.731. The molecule has 1 unspecified atom stereocenters. The van der Waals surface area contributed by atoms with E-state index in [1.165, 1.54) is 10.9 Å². The van der Waals surface area contributed by atoms with Crippen LogP contribution in [0.15, 0.2) is 35.7 Å². The molecule has 0 bridgehead atoms. The molecule has 0 saturated carbocycles. The van der Waals surface area contributed by atoms with E-state index in [-0.39, 0.29) is 11.6 Å². The second-order valence-electron chi connectivity index (χ2n) is 4.09.